The number of hydrogen-bond acceptors (Lipinski definition) is 4. The molecule has 2 aromatic carbocycles. The van der Waals surface area contributed by atoms with E-state index in [0.29, 0.717) is 23.5 Å². The predicted octanol–water partition coefficient (Wildman–Crippen LogP) is 3.73. The summed E-state index contributed by atoms with van der Waals surface area (Å²) in [5.74, 6) is -2.16. The van der Waals surface area contributed by atoms with E-state index in [1.807, 2.05) is 0 Å². The summed E-state index contributed by atoms with van der Waals surface area (Å²) >= 11 is 0. The van der Waals surface area contributed by atoms with Gasteiger partial charge in [-0.3, -0.25) is 10.1 Å². The van der Waals surface area contributed by atoms with Crippen molar-refractivity contribution >= 4 is 23.4 Å². The lowest BCUT2D eigenvalue weighted by Crippen LogP contribution is -2.17. The van der Waals surface area contributed by atoms with Gasteiger partial charge in [-0.05, 0) is 42.3 Å². The van der Waals surface area contributed by atoms with Crippen LogP contribution in [-0.2, 0) is 20.7 Å². The van der Waals surface area contributed by atoms with Gasteiger partial charge < -0.3 is 14.8 Å². The Morgan fingerprint density at radius 2 is 1.70 bits per heavy atom. The molecule has 0 aromatic heterocycles. The SMILES string of the molecule is COCCOC(=O)Nc1cccc(NC(=O)CCc2ccc(F)c(F)c2)c1. The van der Waals surface area contributed by atoms with Gasteiger partial charge in [0, 0.05) is 24.9 Å². The van der Waals surface area contributed by atoms with Crippen molar-refractivity contribution in [3.05, 3.63) is 59.7 Å². The minimum atomic E-state index is -0.941. The van der Waals surface area contributed by atoms with Crippen molar-refractivity contribution in [1.82, 2.24) is 0 Å². The molecule has 0 aliphatic carbocycles. The Hall–Kier alpha value is -3.00. The van der Waals surface area contributed by atoms with Gasteiger partial charge in [0.1, 0.15) is 6.61 Å². The normalized spacial score (nSPS) is 10.3. The summed E-state index contributed by atoms with van der Waals surface area (Å²) in [4.78, 5) is 23.6. The van der Waals surface area contributed by atoms with Crippen LogP contribution in [0.5, 0.6) is 0 Å². The lowest BCUT2D eigenvalue weighted by molar-refractivity contribution is -0.116. The van der Waals surface area contributed by atoms with Gasteiger partial charge in [-0.25, -0.2) is 13.6 Å². The molecule has 0 atom stereocenters. The molecule has 2 aromatic rings. The highest BCUT2D eigenvalue weighted by Crippen LogP contribution is 2.16. The molecule has 8 heteroatoms. The van der Waals surface area contributed by atoms with Crippen LogP contribution in [0.2, 0.25) is 0 Å². The number of anilines is 2. The Morgan fingerprint density at radius 3 is 2.41 bits per heavy atom. The van der Waals surface area contributed by atoms with Crippen LogP contribution in [-0.4, -0.2) is 32.3 Å². The Balaban J connectivity index is 1.84. The van der Waals surface area contributed by atoms with Gasteiger partial charge in [0.15, 0.2) is 11.6 Å². The lowest BCUT2D eigenvalue weighted by Gasteiger charge is -2.09. The first-order chi connectivity index (χ1) is 13.0. The summed E-state index contributed by atoms with van der Waals surface area (Å²) in [6, 6.07) is 10.1. The third kappa shape index (κ3) is 7.02. The van der Waals surface area contributed by atoms with Crippen LogP contribution in [0, 0.1) is 11.6 Å². The highest BCUT2D eigenvalue weighted by atomic mass is 19.2. The van der Waals surface area contributed by atoms with Gasteiger partial charge in [-0.2, -0.15) is 0 Å². The smallest absolute Gasteiger partial charge is 0.411 e. The Kier molecular flexibility index (Phi) is 7.69. The zero-order valence-corrected chi connectivity index (χ0v) is 14.8. The van der Waals surface area contributed by atoms with Crippen molar-refractivity contribution in [2.24, 2.45) is 0 Å². The van der Waals surface area contributed by atoms with Gasteiger partial charge in [0.2, 0.25) is 5.91 Å². The van der Waals surface area contributed by atoms with Gasteiger partial charge >= 0.3 is 6.09 Å². The summed E-state index contributed by atoms with van der Waals surface area (Å²) < 4.78 is 35.7. The molecule has 6 nitrogen and oxygen atoms in total. The largest absolute Gasteiger partial charge is 0.447 e. The molecule has 0 fully saturated rings. The molecule has 2 N–H and O–H groups in total. The summed E-state index contributed by atoms with van der Waals surface area (Å²) in [7, 11) is 1.50. The fraction of sp³-hybridized carbons (Fsp3) is 0.263. The molecule has 0 heterocycles. The molecule has 0 unspecified atom stereocenters. The van der Waals surface area contributed by atoms with Crippen molar-refractivity contribution in [1.29, 1.82) is 0 Å². The van der Waals surface area contributed by atoms with Crippen molar-refractivity contribution in [3.63, 3.8) is 0 Å². The zero-order chi connectivity index (χ0) is 19.6. The van der Waals surface area contributed by atoms with Crippen LogP contribution >= 0.6 is 0 Å². The first-order valence-electron chi connectivity index (χ1n) is 8.24. The Labute approximate surface area is 155 Å². The van der Waals surface area contributed by atoms with Crippen LogP contribution in [0.1, 0.15) is 12.0 Å². The Bertz CT molecular complexity index is 799. The summed E-state index contributed by atoms with van der Waals surface area (Å²) in [5, 5.41) is 5.22. The van der Waals surface area contributed by atoms with E-state index in [-0.39, 0.29) is 25.4 Å². The average Bonchev–Trinajstić information content (AvgIpc) is 2.63. The monoisotopic (exact) mass is 378 g/mol. The lowest BCUT2D eigenvalue weighted by atomic mass is 10.1. The fourth-order valence-corrected chi connectivity index (χ4v) is 2.22. The molecular weight excluding hydrogens is 358 g/mol. The third-order valence-corrected chi connectivity index (χ3v) is 3.54. The molecule has 27 heavy (non-hydrogen) atoms. The second kappa shape index (κ2) is 10.2. The third-order valence-electron chi connectivity index (χ3n) is 3.54. The van der Waals surface area contributed by atoms with Crippen LogP contribution in [0.25, 0.3) is 0 Å². The maximum atomic E-state index is 13.2. The molecule has 0 aliphatic rings. The molecule has 0 radical (unpaired) electrons. The quantitative estimate of drug-likeness (QED) is 0.686. The molecule has 0 saturated heterocycles. The number of nitrogens with one attached hydrogen (secondary N) is 2. The van der Waals surface area contributed by atoms with E-state index in [4.69, 9.17) is 9.47 Å². The molecule has 2 amide bonds. The second-order valence-electron chi connectivity index (χ2n) is 5.63. The van der Waals surface area contributed by atoms with E-state index in [2.05, 4.69) is 10.6 Å². The maximum absolute atomic E-state index is 13.2. The number of aryl methyl sites for hydroxylation is 1. The van der Waals surface area contributed by atoms with E-state index in [0.717, 1.165) is 12.1 Å². The number of halogens is 2. The molecule has 0 spiro atoms. The average molecular weight is 378 g/mol. The Morgan fingerprint density at radius 1 is 0.963 bits per heavy atom. The summed E-state index contributed by atoms with van der Waals surface area (Å²) in [6.45, 7) is 0.421. The van der Waals surface area contributed by atoms with Gasteiger partial charge in [-0.15, -0.1) is 0 Å². The minimum Gasteiger partial charge on any atom is -0.447 e. The van der Waals surface area contributed by atoms with E-state index in [1.54, 1.807) is 24.3 Å². The zero-order valence-electron chi connectivity index (χ0n) is 14.8. The van der Waals surface area contributed by atoms with E-state index >= 15 is 0 Å². The van der Waals surface area contributed by atoms with Crippen molar-refractivity contribution < 1.29 is 27.8 Å². The van der Waals surface area contributed by atoms with Gasteiger partial charge in [0.05, 0.1) is 6.61 Å². The van der Waals surface area contributed by atoms with E-state index in [9.17, 15) is 18.4 Å². The molecule has 2 rings (SSSR count). The number of benzene rings is 2. The summed E-state index contributed by atoms with van der Waals surface area (Å²) in [6.07, 6.45) is -0.261. The van der Waals surface area contributed by atoms with Crippen molar-refractivity contribution in [2.75, 3.05) is 31.0 Å². The number of rotatable bonds is 8. The number of hydrogen-bond donors (Lipinski definition) is 2. The van der Waals surface area contributed by atoms with Gasteiger partial charge in [0.25, 0.3) is 0 Å². The topological polar surface area (TPSA) is 76.7 Å². The highest BCUT2D eigenvalue weighted by Gasteiger charge is 2.08. The number of ether oxygens (including phenoxy) is 2. The van der Waals surface area contributed by atoms with Crippen molar-refractivity contribution in [3.8, 4) is 0 Å². The molecule has 0 bridgehead atoms. The van der Waals surface area contributed by atoms with Crippen LogP contribution in [0.3, 0.4) is 0 Å². The first kappa shape index (κ1) is 20.3. The second-order valence-corrected chi connectivity index (χ2v) is 5.63. The standard InChI is InChI=1S/C19H20F2N2O4/c1-26-9-10-27-19(25)23-15-4-2-3-14(12-15)22-18(24)8-6-13-5-7-16(20)17(21)11-13/h2-5,7,11-12H,6,8-10H2,1H3,(H,22,24)(H,23,25). The van der Waals surface area contributed by atoms with Gasteiger partial charge in [-0.1, -0.05) is 12.1 Å². The summed E-state index contributed by atoms with van der Waals surface area (Å²) in [5.41, 5.74) is 1.47. The number of methoxy groups -OCH3 is 1. The van der Waals surface area contributed by atoms with Crippen LogP contribution < -0.4 is 10.6 Å². The van der Waals surface area contributed by atoms with Crippen LogP contribution in [0.15, 0.2) is 42.5 Å². The number of carbonyl (C=O) groups is 2. The van der Waals surface area contributed by atoms with Crippen LogP contribution in [0.4, 0.5) is 25.0 Å². The highest BCUT2D eigenvalue weighted by molar-refractivity contribution is 5.92. The number of carbonyl (C=O) groups excluding carboxylic acids is 2. The van der Waals surface area contributed by atoms with E-state index in [1.165, 1.54) is 13.2 Å². The number of amides is 2. The molecule has 0 saturated carbocycles. The first-order valence-corrected chi connectivity index (χ1v) is 8.24. The minimum absolute atomic E-state index is 0.0990. The van der Waals surface area contributed by atoms with Crippen molar-refractivity contribution in [2.45, 2.75) is 12.8 Å². The maximum Gasteiger partial charge on any atom is 0.411 e. The molecule has 0 aliphatic heterocycles. The molecular formula is C19H20F2N2O4. The fourth-order valence-electron chi connectivity index (χ4n) is 2.22. The molecule has 144 valence electrons. The predicted molar refractivity (Wildman–Crippen MR) is 96.6 cm³/mol. The van der Waals surface area contributed by atoms with E-state index < -0.39 is 17.7 Å².